The van der Waals surface area contributed by atoms with Crippen LogP contribution in [0.25, 0.3) is 0 Å². The number of rotatable bonds is 3. The largest absolute Gasteiger partial charge is 0.339 e. The van der Waals surface area contributed by atoms with Gasteiger partial charge in [-0.25, -0.2) is 4.98 Å². The van der Waals surface area contributed by atoms with Crippen LogP contribution in [0.1, 0.15) is 61.9 Å². The number of hydrogen-bond acceptors (Lipinski definition) is 4. The molecule has 1 aliphatic heterocycles. The van der Waals surface area contributed by atoms with Crippen molar-refractivity contribution in [2.45, 2.75) is 70.3 Å². The Hall–Kier alpha value is -1.43. The summed E-state index contributed by atoms with van der Waals surface area (Å²) < 4.78 is 0. The monoisotopic (exact) mass is 347 g/mol. The van der Waals surface area contributed by atoms with Gasteiger partial charge in [0.25, 0.3) is 0 Å². The summed E-state index contributed by atoms with van der Waals surface area (Å²) in [6, 6.07) is 0.358. The number of hydrogen-bond donors (Lipinski definition) is 1. The minimum Gasteiger partial charge on any atom is -0.339 e. The molecule has 0 aromatic carbocycles. The van der Waals surface area contributed by atoms with Crippen LogP contribution in [0, 0.1) is 5.92 Å². The second kappa shape index (κ2) is 6.82. The van der Waals surface area contributed by atoms with Crippen LogP contribution in [0.4, 0.5) is 5.13 Å². The first kappa shape index (κ1) is 16.1. The molecule has 1 atom stereocenters. The highest BCUT2D eigenvalue weighted by atomic mass is 32.1. The van der Waals surface area contributed by atoms with Crippen molar-refractivity contribution in [2.75, 3.05) is 11.9 Å². The summed E-state index contributed by atoms with van der Waals surface area (Å²) in [5, 5.41) is 3.69. The SMILES string of the molecule is O=C(Nc1nc2c(s1)CCCC2)[C@@H]1CC(=O)N(C2CCCCC2)C1. The maximum absolute atomic E-state index is 12.6. The van der Waals surface area contributed by atoms with Crippen molar-refractivity contribution in [1.82, 2.24) is 9.88 Å². The lowest BCUT2D eigenvalue weighted by atomic mass is 9.94. The van der Waals surface area contributed by atoms with Crippen LogP contribution in [0.2, 0.25) is 0 Å². The lowest BCUT2D eigenvalue weighted by molar-refractivity contribution is -0.130. The standard InChI is InChI=1S/C18H25N3O2S/c22-16-10-12(11-21(16)13-6-2-1-3-7-13)17(23)20-18-19-14-8-4-5-9-15(14)24-18/h12-13H,1-11H2,(H,19,20,23)/t12-/m1/s1. The molecule has 1 N–H and O–H groups in total. The highest BCUT2D eigenvalue weighted by molar-refractivity contribution is 7.15. The zero-order valence-corrected chi connectivity index (χ0v) is 14.9. The van der Waals surface area contributed by atoms with E-state index in [-0.39, 0.29) is 17.7 Å². The summed E-state index contributed by atoms with van der Waals surface area (Å²) >= 11 is 1.61. The van der Waals surface area contributed by atoms with E-state index in [0.717, 1.165) is 36.5 Å². The number of carbonyl (C=O) groups is 2. The first-order chi connectivity index (χ1) is 11.7. The first-order valence-electron chi connectivity index (χ1n) is 9.29. The van der Waals surface area contributed by atoms with Crippen molar-refractivity contribution in [1.29, 1.82) is 0 Å². The smallest absolute Gasteiger partial charge is 0.231 e. The molecule has 1 aromatic heterocycles. The molecule has 24 heavy (non-hydrogen) atoms. The second-order valence-electron chi connectivity index (χ2n) is 7.32. The van der Waals surface area contributed by atoms with Gasteiger partial charge in [-0.1, -0.05) is 19.3 Å². The van der Waals surface area contributed by atoms with Crippen molar-refractivity contribution >= 4 is 28.3 Å². The van der Waals surface area contributed by atoms with Gasteiger partial charge in [-0.2, -0.15) is 0 Å². The second-order valence-corrected chi connectivity index (χ2v) is 8.41. The molecule has 1 saturated carbocycles. The number of fused-ring (bicyclic) bond motifs is 1. The molecule has 0 spiro atoms. The van der Waals surface area contributed by atoms with Crippen molar-refractivity contribution < 1.29 is 9.59 Å². The Morgan fingerprint density at radius 3 is 2.71 bits per heavy atom. The molecule has 6 heteroatoms. The van der Waals surface area contributed by atoms with Crippen LogP contribution in [-0.4, -0.2) is 34.3 Å². The number of anilines is 1. The summed E-state index contributed by atoms with van der Waals surface area (Å²) in [7, 11) is 0. The number of amides is 2. The Labute approximate surface area is 146 Å². The van der Waals surface area contributed by atoms with Gasteiger partial charge in [0, 0.05) is 23.9 Å². The first-order valence-corrected chi connectivity index (χ1v) is 10.1. The van der Waals surface area contributed by atoms with E-state index in [2.05, 4.69) is 10.3 Å². The third-order valence-corrected chi connectivity index (χ3v) is 6.69. The van der Waals surface area contributed by atoms with Crippen LogP contribution in [0.5, 0.6) is 0 Å². The molecule has 3 aliphatic rings. The Bertz CT molecular complexity index is 613. The predicted octanol–water partition coefficient (Wildman–Crippen LogP) is 3.14. The zero-order valence-electron chi connectivity index (χ0n) is 14.1. The minimum atomic E-state index is -0.222. The molecule has 1 aromatic rings. The van der Waals surface area contributed by atoms with E-state index in [9.17, 15) is 9.59 Å². The Morgan fingerprint density at radius 2 is 1.92 bits per heavy atom. The Balaban J connectivity index is 1.38. The summed E-state index contributed by atoms with van der Waals surface area (Å²) in [5.74, 6) is -0.103. The molecular weight excluding hydrogens is 322 g/mol. The molecule has 2 fully saturated rings. The molecule has 2 heterocycles. The molecule has 5 nitrogen and oxygen atoms in total. The van der Waals surface area contributed by atoms with Crippen molar-refractivity contribution in [3.8, 4) is 0 Å². The van der Waals surface area contributed by atoms with E-state index in [4.69, 9.17) is 0 Å². The Kier molecular flexibility index (Phi) is 4.57. The number of likely N-dealkylation sites (tertiary alicyclic amines) is 1. The lowest BCUT2D eigenvalue weighted by Crippen LogP contribution is -2.38. The maximum Gasteiger partial charge on any atom is 0.231 e. The number of thiazole rings is 1. The van der Waals surface area contributed by atoms with E-state index >= 15 is 0 Å². The zero-order chi connectivity index (χ0) is 16.5. The molecular formula is C18H25N3O2S. The normalized spacial score (nSPS) is 24.9. The molecule has 0 bridgehead atoms. The van der Waals surface area contributed by atoms with Crippen LogP contribution in [0.15, 0.2) is 0 Å². The number of nitrogens with zero attached hydrogens (tertiary/aromatic N) is 2. The van der Waals surface area contributed by atoms with Gasteiger partial charge in [-0.05, 0) is 38.5 Å². The predicted molar refractivity (Wildman–Crippen MR) is 94.1 cm³/mol. The van der Waals surface area contributed by atoms with Gasteiger partial charge in [0.15, 0.2) is 5.13 Å². The molecule has 0 unspecified atom stereocenters. The van der Waals surface area contributed by atoms with Gasteiger partial charge >= 0.3 is 0 Å². The minimum absolute atomic E-state index is 0.0345. The number of aromatic nitrogens is 1. The molecule has 0 radical (unpaired) electrons. The fraction of sp³-hybridized carbons (Fsp3) is 0.722. The average molecular weight is 347 g/mol. The van der Waals surface area contributed by atoms with Crippen molar-refractivity contribution in [2.24, 2.45) is 5.92 Å². The topological polar surface area (TPSA) is 62.3 Å². The van der Waals surface area contributed by atoms with E-state index in [1.54, 1.807) is 11.3 Å². The number of aryl methyl sites for hydroxylation is 2. The molecule has 2 aliphatic carbocycles. The summed E-state index contributed by atoms with van der Waals surface area (Å²) in [5.41, 5.74) is 1.16. The van der Waals surface area contributed by atoms with Crippen molar-refractivity contribution in [3.63, 3.8) is 0 Å². The molecule has 130 valence electrons. The number of carbonyl (C=O) groups excluding carboxylic acids is 2. The van der Waals surface area contributed by atoms with Crippen LogP contribution in [-0.2, 0) is 22.4 Å². The van der Waals surface area contributed by atoms with Gasteiger partial charge in [0.05, 0.1) is 11.6 Å². The highest BCUT2D eigenvalue weighted by Gasteiger charge is 2.38. The molecule has 2 amide bonds. The van der Waals surface area contributed by atoms with Crippen LogP contribution in [0.3, 0.4) is 0 Å². The summed E-state index contributed by atoms with van der Waals surface area (Å²) in [6.45, 7) is 0.584. The van der Waals surface area contributed by atoms with Gasteiger partial charge in [0.2, 0.25) is 11.8 Å². The van der Waals surface area contributed by atoms with Gasteiger partial charge in [-0.3, -0.25) is 9.59 Å². The summed E-state index contributed by atoms with van der Waals surface area (Å²) in [4.78, 5) is 32.8. The third kappa shape index (κ3) is 3.21. The average Bonchev–Trinajstić information content (AvgIpc) is 3.18. The van der Waals surface area contributed by atoms with Crippen molar-refractivity contribution in [3.05, 3.63) is 10.6 Å². The fourth-order valence-electron chi connectivity index (χ4n) is 4.27. The molecule has 4 rings (SSSR count). The lowest BCUT2D eigenvalue weighted by Gasteiger charge is -2.31. The van der Waals surface area contributed by atoms with Crippen LogP contribution >= 0.6 is 11.3 Å². The third-order valence-electron chi connectivity index (χ3n) is 5.62. The van der Waals surface area contributed by atoms with Gasteiger partial charge in [-0.15, -0.1) is 11.3 Å². The van der Waals surface area contributed by atoms with Gasteiger partial charge < -0.3 is 10.2 Å². The fourth-order valence-corrected chi connectivity index (χ4v) is 5.32. The quantitative estimate of drug-likeness (QED) is 0.914. The van der Waals surface area contributed by atoms with E-state index < -0.39 is 0 Å². The highest BCUT2D eigenvalue weighted by Crippen LogP contribution is 2.32. The van der Waals surface area contributed by atoms with E-state index in [1.807, 2.05) is 4.90 Å². The van der Waals surface area contributed by atoms with E-state index in [0.29, 0.717) is 19.0 Å². The number of nitrogens with one attached hydrogen (secondary N) is 1. The van der Waals surface area contributed by atoms with Crippen LogP contribution < -0.4 is 5.32 Å². The van der Waals surface area contributed by atoms with Gasteiger partial charge in [0.1, 0.15) is 0 Å². The molecule has 1 saturated heterocycles. The maximum atomic E-state index is 12.6. The van der Waals surface area contributed by atoms with E-state index in [1.165, 1.54) is 37.0 Å². The summed E-state index contributed by atoms with van der Waals surface area (Å²) in [6.07, 6.45) is 10.8. The Morgan fingerprint density at radius 1 is 1.12 bits per heavy atom.